The van der Waals surface area contributed by atoms with Gasteiger partial charge in [0, 0.05) is 11.8 Å². The lowest BCUT2D eigenvalue weighted by Gasteiger charge is -2.20. The minimum absolute atomic E-state index is 0.194. The van der Waals surface area contributed by atoms with Gasteiger partial charge in [0.05, 0.1) is 7.11 Å². The molecule has 1 aliphatic heterocycles. The van der Waals surface area contributed by atoms with Gasteiger partial charge in [-0.2, -0.15) is 0 Å². The molecule has 1 unspecified atom stereocenters. The van der Waals surface area contributed by atoms with Crippen LogP contribution in [0.25, 0.3) is 6.08 Å². The van der Waals surface area contributed by atoms with Gasteiger partial charge in [-0.15, -0.1) is 0 Å². The molecule has 0 aromatic heterocycles. The summed E-state index contributed by atoms with van der Waals surface area (Å²) in [7, 11) is 1.58. The number of benzene rings is 2. The average molecular weight is 367 g/mol. The molecule has 0 radical (unpaired) electrons. The van der Waals surface area contributed by atoms with Crippen molar-refractivity contribution in [2.75, 3.05) is 25.6 Å². The number of carbonyl (C=O) groups excluding carboxylic acids is 1. The van der Waals surface area contributed by atoms with E-state index >= 15 is 0 Å². The van der Waals surface area contributed by atoms with E-state index in [1.54, 1.807) is 13.2 Å². The molecule has 1 amide bonds. The van der Waals surface area contributed by atoms with Gasteiger partial charge in [-0.1, -0.05) is 26.0 Å². The van der Waals surface area contributed by atoms with Crippen LogP contribution in [0.15, 0.2) is 42.5 Å². The predicted octanol–water partition coefficient (Wildman–Crippen LogP) is 4.63. The smallest absolute Gasteiger partial charge is 0.248 e. The minimum atomic E-state index is -0.194. The molecule has 0 fully saturated rings. The van der Waals surface area contributed by atoms with E-state index in [4.69, 9.17) is 14.2 Å². The van der Waals surface area contributed by atoms with Crippen LogP contribution in [-0.2, 0) is 4.79 Å². The van der Waals surface area contributed by atoms with Gasteiger partial charge in [0.15, 0.2) is 11.5 Å². The Balaban J connectivity index is 1.68. The second-order valence-electron chi connectivity index (χ2n) is 6.50. The number of fused-ring (bicyclic) bond motifs is 1. The third-order valence-electron chi connectivity index (χ3n) is 4.64. The largest absolute Gasteiger partial charge is 0.493 e. The standard InChI is InChI=1S/C22H25NO4/c1-4-15(2)17-6-8-18(9-7-17)23-21(24)10-5-16-13-19(25-3)22-20(14-16)26-11-12-27-22/h5-10,13-15H,4,11-12H2,1-3H3,(H,23,24)/b10-5+. The van der Waals surface area contributed by atoms with Gasteiger partial charge in [0.1, 0.15) is 13.2 Å². The molecule has 2 aromatic rings. The van der Waals surface area contributed by atoms with Crippen LogP contribution in [-0.4, -0.2) is 26.2 Å². The Morgan fingerprint density at radius 2 is 1.96 bits per heavy atom. The highest BCUT2D eigenvalue weighted by molar-refractivity contribution is 6.02. The molecule has 1 atom stereocenters. The Labute approximate surface area is 159 Å². The second kappa shape index (κ2) is 8.62. The number of amides is 1. The molecule has 1 aliphatic rings. The van der Waals surface area contributed by atoms with E-state index in [1.165, 1.54) is 11.6 Å². The van der Waals surface area contributed by atoms with Crippen molar-refractivity contribution in [3.05, 3.63) is 53.6 Å². The Morgan fingerprint density at radius 1 is 1.22 bits per heavy atom. The number of rotatable bonds is 6. The first-order valence-corrected chi connectivity index (χ1v) is 9.17. The lowest BCUT2D eigenvalue weighted by Crippen LogP contribution is -2.16. The normalized spacial score (nSPS) is 14.0. The molecular formula is C22H25NO4. The maximum Gasteiger partial charge on any atom is 0.248 e. The topological polar surface area (TPSA) is 56.8 Å². The zero-order valence-electron chi connectivity index (χ0n) is 16.0. The van der Waals surface area contributed by atoms with Crippen molar-refractivity contribution in [1.29, 1.82) is 0 Å². The molecule has 27 heavy (non-hydrogen) atoms. The Hall–Kier alpha value is -2.95. The van der Waals surface area contributed by atoms with Crippen LogP contribution in [0.2, 0.25) is 0 Å². The van der Waals surface area contributed by atoms with E-state index in [-0.39, 0.29) is 5.91 Å². The molecule has 0 spiro atoms. The van der Waals surface area contributed by atoms with Crippen molar-refractivity contribution >= 4 is 17.7 Å². The number of methoxy groups -OCH3 is 1. The Morgan fingerprint density at radius 3 is 2.67 bits per heavy atom. The predicted molar refractivity (Wildman–Crippen MR) is 107 cm³/mol. The number of ether oxygens (including phenoxy) is 3. The summed E-state index contributed by atoms with van der Waals surface area (Å²) < 4.78 is 16.6. The molecule has 3 rings (SSSR count). The zero-order chi connectivity index (χ0) is 19.2. The summed E-state index contributed by atoms with van der Waals surface area (Å²) in [4.78, 5) is 12.2. The summed E-state index contributed by atoms with van der Waals surface area (Å²) in [5.74, 6) is 2.14. The summed E-state index contributed by atoms with van der Waals surface area (Å²) >= 11 is 0. The van der Waals surface area contributed by atoms with E-state index in [9.17, 15) is 4.79 Å². The molecule has 5 heteroatoms. The fourth-order valence-corrected chi connectivity index (χ4v) is 2.88. The van der Waals surface area contributed by atoms with E-state index < -0.39 is 0 Å². The number of nitrogens with one attached hydrogen (secondary N) is 1. The van der Waals surface area contributed by atoms with Gasteiger partial charge in [-0.3, -0.25) is 4.79 Å². The van der Waals surface area contributed by atoms with Gasteiger partial charge < -0.3 is 19.5 Å². The maximum absolute atomic E-state index is 12.2. The molecular weight excluding hydrogens is 342 g/mol. The second-order valence-corrected chi connectivity index (χ2v) is 6.50. The first kappa shape index (κ1) is 18.8. The van der Waals surface area contributed by atoms with Gasteiger partial charge in [0.2, 0.25) is 11.7 Å². The Bertz CT molecular complexity index is 810. The molecule has 0 saturated carbocycles. The van der Waals surface area contributed by atoms with Gasteiger partial charge in [-0.25, -0.2) is 0 Å². The monoisotopic (exact) mass is 367 g/mol. The molecule has 1 heterocycles. The summed E-state index contributed by atoms with van der Waals surface area (Å²) in [6.45, 7) is 5.35. The number of carbonyl (C=O) groups is 1. The molecule has 5 nitrogen and oxygen atoms in total. The van der Waals surface area contributed by atoms with Crippen LogP contribution < -0.4 is 19.5 Å². The number of anilines is 1. The van der Waals surface area contributed by atoms with Crippen molar-refractivity contribution in [2.45, 2.75) is 26.2 Å². The fraction of sp³-hybridized carbons (Fsp3) is 0.318. The third-order valence-corrected chi connectivity index (χ3v) is 4.64. The zero-order valence-corrected chi connectivity index (χ0v) is 16.0. The van der Waals surface area contributed by atoms with Crippen LogP contribution in [0, 0.1) is 0 Å². The lowest BCUT2D eigenvalue weighted by atomic mass is 9.99. The molecule has 0 bridgehead atoms. The molecule has 142 valence electrons. The Kier molecular flexibility index (Phi) is 6.01. The lowest BCUT2D eigenvalue weighted by molar-refractivity contribution is -0.111. The quantitative estimate of drug-likeness (QED) is 0.756. The molecule has 1 N–H and O–H groups in total. The van der Waals surface area contributed by atoms with Crippen molar-refractivity contribution in [3.63, 3.8) is 0 Å². The summed E-state index contributed by atoms with van der Waals surface area (Å²) in [5.41, 5.74) is 2.85. The SMILES string of the molecule is CCC(C)c1ccc(NC(=O)/C=C/c2cc(OC)c3c(c2)OCCO3)cc1. The van der Waals surface area contributed by atoms with Gasteiger partial charge >= 0.3 is 0 Å². The minimum Gasteiger partial charge on any atom is -0.493 e. The van der Waals surface area contributed by atoms with Gasteiger partial charge in [0.25, 0.3) is 0 Å². The van der Waals surface area contributed by atoms with Crippen molar-refractivity contribution in [2.24, 2.45) is 0 Å². The number of hydrogen-bond acceptors (Lipinski definition) is 4. The summed E-state index contributed by atoms with van der Waals surface area (Å²) in [5, 5.41) is 2.87. The fourth-order valence-electron chi connectivity index (χ4n) is 2.88. The van der Waals surface area contributed by atoms with Gasteiger partial charge in [-0.05, 0) is 53.8 Å². The first-order chi connectivity index (χ1) is 13.1. The third kappa shape index (κ3) is 4.61. The van der Waals surface area contributed by atoms with E-state index in [1.807, 2.05) is 24.3 Å². The van der Waals surface area contributed by atoms with E-state index in [0.717, 1.165) is 17.7 Å². The van der Waals surface area contributed by atoms with E-state index in [0.29, 0.717) is 36.4 Å². The highest BCUT2D eigenvalue weighted by Crippen LogP contribution is 2.40. The van der Waals surface area contributed by atoms with E-state index in [2.05, 4.69) is 31.3 Å². The van der Waals surface area contributed by atoms with Crippen LogP contribution in [0.5, 0.6) is 17.2 Å². The van der Waals surface area contributed by atoms with Crippen LogP contribution >= 0.6 is 0 Å². The molecule has 0 aliphatic carbocycles. The summed E-state index contributed by atoms with van der Waals surface area (Å²) in [6.07, 6.45) is 4.31. The van der Waals surface area contributed by atoms with Crippen LogP contribution in [0.4, 0.5) is 5.69 Å². The number of hydrogen-bond donors (Lipinski definition) is 1. The average Bonchev–Trinajstić information content (AvgIpc) is 2.71. The van der Waals surface area contributed by atoms with Crippen molar-refractivity contribution in [3.8, 4) is 17.2 Å². The molecule has 2 aromatic carbocycles. The molecule has 0 saturated heterocycles. The van der Waals surface area contributed by atoms with Crippen LogP contribution in [0.1, 0.15) is 37.3 Å². The highest BCUT2D eigenvalue weighted by atomic mass is 16.6. The summed E-state index contributed by atoms with van der Waals surface area (Å²) in [6, 6.07) is 11.6. The van der Waals surface area contributed by atoms with Crippen molar-refractivity contribution < 1.29 is 19.0 Å². The maximum atomic E-state index is 12.2. The van der Waals surface area contributed by atoms with Crippen LogP contribution in [0.3, 0.4) is 0 Å². The van der Waals surface area contributed by atoms with Crippen molar-refractivity contribution in [1.82, 2.24) is 0 Å². The first-order valence-electron chi connectivity index (χ1n) is 9.17. The highest BCUT2D eigenvalue weighted by Gasteiger charge is 2.17.